The van der Waals surface area contributed by atoms with E-state index in [0.717, 1.165) is 23.0 Å². The van der Waals surface area contributed by atoms with Crippen LogP contribution in [-0.2, 0) is 21.4 Å². The van der Waals surface area contributed by atoms with Gasteiger partial charge in [-0.1, -0.05) is 29.8 Å². The summed E-state index contributed by atoms with van der Waals surface area (Å²) in [4.78, 5) is 25.0. The van der Waals surface area contributed by atoms with Gasteiger partial charge < -0.3 is 14.6 Å². The fraction of sp³-hybridized carbons (Fsp3) is 0.250. The second kappa shape index (κ2) is 9.60. The minimum atomic E-state index is -3.70. The number of amides is 1. The summed E-state index contributed by atoms with van der Waals surface area (Å²) in [5.74, 6) is 0.596. The summed E-state index contributed by atoms with van der Waals surface area (Å²) < 4.78 is 34.0. The number of para-hydroxylation sites is 2. The second-order valence-corrected chi connectivity index (χ2v) is 9.84. The Labute approximate surface area is 192 Å². The average Bonchev–Trinajstić information content (AvgIpc) is 3.34. The van der Waals surface area contributed by atoms with Crippen LogP contribution in [0.4, 0.5) is 5.69 Å². The highest BCUT2D eigenvalue weighted by Gasteiger charge is 2.27. The van der Waals surface area contributed by atoms with E-state index in [1.54, 1.807) is 24.3 Å². The number of rotatable bonds is 7. The van der Waals surface area contributed by atoms with Crippen LogP contribution < -0.4 is 15.6 Å². The van der Waals surface area contributed by atoms with Crippen molar-refractivity contribution in [3.05, 3.63) is 82.8 Å². The molecule has 1 aliphatic rings. The molecule has 0 saturated carbocycles. The van der Waals surface area contributed by atoms with E-state index in [1.165, 1.54) is 22.6 Å². The first-order valence-corrected chi connectivity index (χ1v) is 12.1. The van der Waals surface area contributed by atoms with Crippen molar-refractivity contribution in [1.82, 2.24) is 8.87 Å². The first kappa shape index (κ1) is 22.8. The molecule has 2 aromatic carbocycles. The summed E-state index contributed by atoms with van der Waals surface area (Å²) in [6.07, 6.45) is 2.85. The predicted molar refractivity (Wildman–Crippen MR) is 125 cm³/mol. The number of hydrogen-bond acceptors (Lipinski definition) is 5. The number of sulfonamides is 1. The van der Waals surface area contributed by atoms with E-state index in [4.69, 9.17) is 4.74 Å². The monoisotopic (exact) mass is 467 g/mol. The standard InChI is InChI=1S/C24H25N3O5S/c1-18-8-10-19(11-9-18)32-22-7-3-2-6-21(22)25-23(28)17-26-16-20(12-13-24(26)29)33(30,31)27-14-4-5-15-27/h2-3,6-13,16H,4-5,14-15,17H2,1H3,(H,25,28). The highest BCUT2D eigenvalue weighted by Crippen LogP contribution is 2.29. The Bertz CT molecular complexity index is 1310. The SMILES string of the molecule is Cc1ccc(Oc2ccccc2NC(=O)Cn2cc(S(=O)(=O)N3CCCC3)ccc2=O)cc1. The van der Waals surface area contributed by atoms with E-state index in [2.05, 4.69) is 5.32 Å². The van der Waals surface area contributed by atoms with Gasteiger partial charge in [-0.05, 0) is 50.1 Å². The molecule has 0 unspecified atom stereocenters. The number of ether oxygens (including phenoxy) is 1. The minimum absolute atomic E-state index is 0.0000884. The van der Waals surface area contributed by atoms with Crippen LogP contribution in [0.1, 0.15) is 18.4 Å². The van der Waals surface area contributed by atoms with Crippen LogP contribution in [0.15, 0.2) is 76.6 Å². The van der Waals surface area contributed by atoms with Crippen molar-refractivity contribution < 1.29 is 17.9 Å². The maximum absolute atomic E-state index is 12.8. The van der Waals surface area contributed by atoms with Gasteiger partial charge in [-0.25, -0.2) is 8.42 Å². The molecule has 2 heterocycles. The zero-order valence-electron chi connectivity index (χ0n) is 18.2. The highest BCUT2D eigenvalue weighted by molar-refractivity contribution is 7.89. The summed E-state index contributed by atoms with van der Waals surface area (Å²) in [6.45, 7) is 2.56. The van der Waals surface area contributed by atoms with Crippen molar-refractivity contribution >= 4 is 21.6 Å². The molecule has 1 N–H and O–H groups in total. The maximum Gasteiger partial charge on any atom is 0.251 e. The van der Waals surface area contributed by atoms with Gasteiger partial charge in [0.05, 0.1) is 10.6 Å². The lowest BCUT2D eigenvalue weighted by Crippen LogP contribution is -2.31. The van der Waals surface area contributed by atoms with Gasteiger partial charge in [-0.3, -0.25) is 9.59 Å². The number of carbonyl (C=O) groups is 1. The molecule has 0 radical (unpaired) electrons. The van der Waals surface area contributed by atoms with Gasteiger partial charge in [-0.2, -0.15) is 4.31 Å². The van der Waals surface area contributed by atoms with E-state index in [-0.39, 0.29) is 11.4 Å². The number of aromatic nitrogens is 1. The van der Waals surface area contributed by atoms with Crippen molar-refractivity contribution in [2.45, 2.75) is 31.2 Å². The number of benzene rings is 2. The van der Waals surface area contributed by atoms with Crippen LogP contribution in [0.2, 0.25) is 0 Å². The number of nitrogens with one attached hydrogen (secondary N) is 1. The lowest BCUT2D eigenvalue weighted by molar-refractivity contribution is -0.116. The first-order chi connectivity index (χ1) is 15.8. The zero-order chi connectivity index (χ0) is 23.4. The average molecular weight is 468 g/mol. The molecule has 1 aromatic heterocycles. The molecule has 0 atom stereocenters. The Morgan fingerprint density at radius 1 is 1.00 bits per heavy atom. The van der Waals surface area contributed by atoms with Crippen LogP contribution in [0, 0.1) is 6.92 Å². The third-order valence-corrected chi connectivity index (χ3v) is 7.27. The molecule has 0 spiro atoms. The summed E-state index contributed by atoms with van der Waals surface area (Å²) >= 11 is 0. The Kier molecular flexibility index (Phi) is 6.62. The van der Waals surface area contributed by atoms with Gasteiger partial charge in [0.1, 0.15) is 12.3 Å². The van der Waals surface area contributed by atoms with Crippen LogP contribution in [-0.4, -0.2) is 36.3 Å². The number of anilines is 1. The molecular weight excluding hydrogens is 442 g/mol. The molecular formula is C24H25N3O5S. The van der Waals surface area contributed by atoms with Crippen molar-refractivity contribution in [1.29, 1.82) is 0 Å². The van der Waals surface area contributed by atoms with Crippen LogP contribution in [0.25, 0.3) is 0 Å². The largest absolute Gasteiger partial charge is 0.455 e. The van der Waals surface area contributed by atoms with Gasteiger partial charge in [0, 0.05) is 25.4 Å². The van der Waals surface area contributed by atoms with E-state index in [9.17, 15) is 18.0 Å². The molecule has 8 nitrogen and oxygen atoms in total. The quantitative estimate of drug-likeness (QED) is 0.575. The number of aryl methyl sites for hydroxylation is 1. The van der Waals surface area contributed by atoms with E-state index in [1.807, 2.05) is 31.2 Å². The van der Waals surface area contributed by atoms with Crippen molar-refractivity contribution in [2.75, 3.05) is 18.4 Å². The lowest BCUT2D eigenvalue weighted by Gasteiger charge is -2.16. The predicted octanol–water partition coefficient (Wildman–Crippen LogP) is 3.37. The molecule has 1 fully saturated rings. The van der Waals surface area contributed by atoms with E-state index < -0.39 is 21.5 Å². The molecule has 4 rings (SSSR count). The van der Waals surface area contributed by atoms with Crippen molar-refractivity contribution in [3.8, 4) is 11.5 Å². The first-order valence-electron chi connectivity index (χ1n) is 10.7. The number of carbonyl (C=O) groups excluding carboxylic acids is 1. The summed E-state index contributed by atoms with van der Waals surface area (Å²) in [5.41, 5.74) is 1.08. The van der Waals surface area contributed by atoms with Crippen LogP contribution in [0.5, 0.6) is 11.5 Å². The summed E-state index contributed by atoms with van der Waals surface area (Å²) in [7, 11) is -3.70. The molecule has 1 aliphatic heterocycles. The summed E-state index contributed by atoms with van der Waals surface area (Å²) in [5, 5.41) is 2.75. The molecule has 33 heavy (non-hydrogen) atoms. The number of pyridine rings is 1. The van der Waals surface area contributed by atoms with Gasteiger partial charge in [0.25, 0.3) is 5.56 Å². The normalized spacial score (nSPS) is 14.2. The van der Waals surface area contributed by atoms with Crippen LogP contribution in [0.3, 0.4) is 0 Å². The highest BCUT2D eigenvalue weighted by atomic mass is 32.2. The molecule has 9 heteroatoms. The molecule has 0 aliphatic carbocycles. The Morgan fingerprint density at radius 3 is 2.42 bits per heavy atom. The van der Waals surface area contributed by atoms with E-state index >= 15 is 0 Å². The van der Waals surface area contributed by atoms with Crippen molar-refractivity contribution in [2.24, 2.45) is 0 Å². The van der Waals surface area contributed by atoms with E-state index in [0.29, 0.717) is 30.3 Å². The molecule has 1 saturated heterocycles. The minimum Gasteiger partial charge on any atom is -0.455 e. The second-order valence-electron chi connectivity index (χ2n) is 7.90. The Hall–Kier alpha value is -3.43. The number of hydrogen-bond donors (Lipinski definition) is 1. The van der Waals surface area contributed by atoms with Crippen LogP contribution >= 0.6 is 0 Å². The zero-order valence-corrected chi connectivity index (χ0v) is 19.0. The van der Waals surface area contributed by atoms with Gasteiger partial charge >= 0.3 is 0 Å². The molecule has 1 amide bonds. The maximum atomic E-state index is 12.8. The molecule has 3 aromatic rings. The fourth-order valence-corrected chi connectivity index (χ4v) is 5.14. The third kappa shape index (κ3) is 5.32. The van der Waals surface area contributed by atoms with Gasteiger partial charge in [0.2, 0.25) is 15.9 Å². The smallest absolute Gasteiger partial charge is 0.251 e. The third-order valence-electron chi connectivity index (χ3n) is 5.38. The summed E-state index contributed by atoms with van der Waals surface area (Å²) in [6, 6.07) is 16.9. The topological polar surface area (TPSA) is 97.7 Å². The van der Waals surface area contributed by atoms with Gasteiger partial charge in [-0.15, -0.1) is 0 Å². The fourth-order valence-electron chi connectivity index (χ4n) is 3.60. The molecule has 0 bridgehead atoms. The van der Waals surface area contributed by atoms with Crippen molar-refractivity contribution in [3.63, 3.8) is 0 Å². The Morgan fingerprint density at radius 2 is 1.70 bits per heavy atom. The molecule has 172 valence electrons. The van der Waals surface area contributed by atoms with Gasteiger partial charge in [0.15, 0.2) is 5.75 Å². The lowest BCUT2D eigenvalue weighted by atomic mass is 10.2. The number of nitrogens with zero attached hydrogens (tertiary/aromatic N) is 2. The Balaban J connectivity index is 1.51.